The molecule has 0 saturated heterocycles. The highest BCUT2D eigenvalue weighted by atomic mass is 79.9. The van der Waals surface area contributed by atoms with Gasteiger partial charge in [-0.1, -0.05) is 57.9 Å². The van der Waals surface area contributed by atoms with Gasteiger partial charge in [0, 0.05) is 9.17 Å². The zero-order valence-electron chi connectivity index (χ0n) is 10.4. The van der Waals surface area contributed by atoms with E-state index in [2.05, 4.69) is 86.6 Å². The summed E-state index contributed by atoms with van der Waals surface area (Å²) in [6.07, 6.45) is 0. The van der Waals surface area contributed by atoms with Crippen molar-refractivity contribution < 1.29 is 0 Å². The van der Waals surface area contributed by atoms with Gasteiger partial charge in [-0.15, -0.1) is 11.3 Å². The van der Waals surface area contributed by atoms with E-state index >= 15 is 0 Å². The second-order valence-electron chi connectivity index (χ2n) is 4.58. The summed E-state index contributed by atoms with van der Waals surface area (Å²) in [7, 11) is 0. The van der Waals surface area contributed by atoms with Crippen LogP contribution in [-0.2, 0) is 0 Å². The van der Waals surface area contributed by atoms with Gasteiger partial charge in [-0.25, -0.2) is 0 Å². The minimum absolute atomic E-state index is 0.246. The van der Waals surface area contributed by atoms with Crippen molar-refractivity contribution in [2.75, 3.05) is 0 Å². The van der Waals surface area contributed by atoms with Gasteiger partial charge >= 0.3 is 0 Å². The summed E-state index contributed by atoms with van der Waals surface area (Å²) in [5.74, 6) is 0. The molecule has 0 aliphatic heterocycles. The van der Waals surface area contributed by atoms with E-state index in [4.69, 9.17) is 0 Å². The molecule has 0 amide bonds. The lowest BCUT2D eigenvalue weighted by atomic mass is 10.0. The first-order valence-electron chi connectivity index (χ1n) is 6.03. The fourth-order valence-corrected chi connectivity index (χ4v) is 4.66. The minimum atomic E-state index is 0.246. The Bertz CT molecular complexity index is 713. The lowest BCUT2D eigenvalue weighted by Crippen LogP contribution is -1.91. The van der Waals surface area contributed by atoms with Crippen molar-refractivity contribution in [2.45, 2.75) is 11.8 Å². The number of hydrogen-bond donors (Lipinski definition) is 0. The summed E-state index contributed by atoms with van der Waals surface area (Å²) < 4.78 is 2.49. The van der Waals surface area contributed by atoms with Gasteiger partial charge in [0.25, 0.3) is 0 Å². The van der Waals surface area contributed by atoms with Crippen LogP contribution in [-0.4, -0.2) is 0 Å². The molecular formula is C16H12Br2S. The Morgan fingerprint density at radius 1 is 1.05 bits per heavy atom. The second kappa shape index (κ2) is 5.39. The van der Waals surface area contributed by atoms with E-state index in [1.165, 1.54) is 31.2 Å². The number of alkyl halides is 1. The van der Waals surface area contributed by atoms with Crippen LogP contribution >= 0.6 is 43.2 Å². The first-order chi connectivity index (χ1) is 9.16. The van der Waals surface area contributed by atoms with Crippen LogP contribution < -0.4 is 0 Å². The van der Waals surface area contributed by atoms with Crippen LogP contribution in [0.1, 0.15) is 21.5 Å². The smallest absolute Gasteiger partial charge is 0.0658 e. The van der Waals surface area contributed by atoms with Gasteiger partial charge in [-0.3, -0.25) is 0 Å². The summed E-state index contributed by atoms with van der Waals surface area (Å²) in [5.41, 5.74) is 3.93. The number of thiophene rings is 1. The van der Waals surface area contributed by atoms with Gasteiger partial charge in [-0.05, 0) is 50.8 Å². The molecule has 1 aromatic heterocycles. The molecule has 0 radical (unpaired) electrons. The first kappa shape index (κ1) is 13.3. The molecule has 0 aliphatic rings. The van der Waals surface area contributed by atoms with E-state index in [0.717, 1.165) is 0 Å². The van der Waals surface area contributed by atoms with Crippen molar-refractivity contribution in [2.24, 2.45) is 0 Å². The van der Waals surface area contributed by atoms with Gasteiger partial charge in [0.15, 0.2) is 0 Å². The highest BCUT2D eigenvalue weighted by Gasteiger charge is 2.15. The number of aryl methyl sites for hydroxylation is 1. The standard InChI is InChI=1S/C16H12Br2S/c1-10-5-7-11(8-6-10)15(18)13-9-19-16-12(13)3-2-4-14(16)17/h2-9,15H,1H3. The molecule has 19 heavy (non-hydrogen) atoms. The number of rotatable bonds is 2. The van der Waals surface area contributed by atoms with Gasteiger partial charge in [0.05, 0.1) is 4.83 Å². The first-order valence-corrected chi connectivity index (χ1v) is 8.62. The van der Waals surface area contributed by atoms with Gasteiger partial charge in [-0.2, -0.15) is 0 Å². The average Bonchev–Trinajstić information content (AvgIpc) is 2.84. The summed E-state index contributed by atoms with van der Waals surface area (Å²) in [4.78, 5) is 0.246. The van der Waals surface area contributed by atoms with Crippen LogP contribution in [0.25, 0.3) is 10.1 Å². The third-order valence-corrected chi connectivity index (χ3v) is 6.22. The van der Waals surface area contributed by atoms with E-state index in [1.807, 2.05) is 0 Å². The molecule has 3 aromatic rings. The fourth-order valence-electron chi connectivity index (χ4n) is 2.15. The van der Waals surface area contributed by atoms with E-state index in [9.17, 15) is 0 Å². The van der Waals surface area contributed by atoms with Gasteiger partial charge in [0.1, 0.15) is 0 Å². The van der Waals surface area contributed by atoms with E-state index in [-0.39, 0.29) is 4.83 Å². The normalized spacial score (nSPS) is 12.8. The number of hydrogen-bond acceptors (Lipinski definition) is 1. The lowest BCUT2D eigenvalue weighted by molar-refractivity contribution is 1.20. The van der Waals surface area contributed by atoms with Gasteiger partial charge < -0.3 is 0 Å². The highest BCUT2D eigenvalue weighted by Crippen LogP contribution is 2.40. The lowest BCUT2D eigenvalue weighted by Gasteiger charge is -2.10. The SMILES string of the molecule is Cc1ccc(C(Br)c2csc3c(Br)cccc23)cc1. The molecule has 2 aromatic carbocycles. The maximum Gasteiger partial charge on any atom is 0.0658 e. The largest absolute Gasteiger partial charge is 0.142 e. The Balaban J connectivity index is 2.09. The van der Waals surface area contributed by atoms with Crippen molar-refractivity contribution in [3.05, 3.63) is 69.0 Å². The van der Waals surface area contributed by atoms with Crippen LogP contribution in [0.15, 0.2) is 52.3 Å². The number of benzene rings is 2. The molecule has 3 rings (SSSR count). The average molecular weight is 396 g/mol. The van der Waals surface area contributed by atoms with Crippen molar-refractivity contribution in [1.82, 2.24) is 0 Å². The monoisotopic (exact) mass is 394 g/mol. The predicted molar refractivity (Wildman–Crippen MR) is 91.5 cm³/mol. The molecule has 0 bridgehead atoms. The molecule has 0 spiro atoms. The Morgan fingerprint density at radius 3 is 2.53 bits per heavy atom. The van der Waals surface area contributed by atoms with Crippen molar-refractivity contribution in [3.63, 3.8) is 0 Å². The third-order valence-electron chi connectivity index (χ3n) is 3.22. The summed E-state index contributed by atoms with van der Waals surface area (Å²) >= 11 is 9.24. The van der Waals surface area contributed by atoms with Crippen LogP contribution in [0, 0.1) is 6.92 Å². The topological polar surface area (TPSA) is 0 Å². The minimum Gasteiger partial charge on any atom is -0.142 e. The molecular weight excluding hydrogens is 384 g/mol. The Hall–Kier alpha value is -0.640. The van der Waals surface area contributed by atoms with Gasteiger partial charge in [0.2, 0.25) is 0 Å². The van der Waals surface area contributed by atoms with Crippen molar-refractivity contribution in [1.29, 1.82) is 0 Å². The van der Waals surface area contributed by atoms with Crippen LogP contribution in [0.5, 0.6) is 0 Å². The molecule has 96 valence electrons. The van der Waals surface area contributed by atoms with Crippen molar-refractivity contribution in [3.8, 4) is 0 Å². The summed E-state index contributed by atoms with van der Waals surface area (Å²) in [6.45, 7) is 2.12. The van der Waals surface area contributed by atoms with E-state index in [0.29, 0.717) is 0 Å². The third kappa shape index (κ3) is 2.51. The molecule has 1 heterocycles. The van der Waals surface area contributed by atoms with Crippen LogP contribution in [0.4, 0.5) is 0 Å². The summed E-state index contributed by atoms with van der Waals surface area (Å²) in [6, 6.07) is 15.1. The quantitative estimate of drug-likeness (QED) is 0.437. The molecule has 0 N–H and O–H groups in total. The number of fused-ring (bicyclic) bond motifs is 1. The molecule has 0 aliphatic carbocycles. The molecule has 1 unspecified atom stereocenters. The Morgan fingerprint density at radius 2 is 1.79 bits per heavy atom. The van der Waals surface area contributed by atoms with Crippen LogP contribution in [0.3, 0.4) is 0 Å². The van der Waals surface area contributed by atoms with E-state index < -0.39 is 0 Å². The summed E-state index contributed by atoms with van der Waals surface area (Å²) in [5, 5.41) is 3.57. The highest BCUT2D eigenvalue weighted by molar-refractivity contribution is 9.10. The Labute approximate surface area is 133 Å². The predicted octanol–water partition coefficient (Wildman–Crippen LogP) is 6.46. The zero-order valence-corrected chi connectivity index (χ0v) is 14.3. The van der Waals surface area contributed by atoms with Crippen molar-refractivity contribution >= 4 is 53.3 Å². The number of halogens is 2. The molecule has 0 nitrogen and oxygen atoms in total. The van der Waals surface area contributed by atoms with Crippen LogP contribution in [0.2, 0.25) is 0 Å². The zero-order chi connectivity index (χ0) is 13.4. The van der Waals surface area contributed by atoms with E-state index in [1.54, 1.807) is 11.3 Å². The maximum atomic E-state index is 3.83. The molecule has 1 atom stereocenters. The molecule has 3 heteroatoms. The molecule has 0 fully saturated rings. The second-order valence-corrected chi connectivity index (χ2v) is 7.23. The fraction of sp³-hybridized carbons (Fsp3) is 0.125. The Kier molecular flexibility index (Phi) is 3.79. The maximum absolute atomic E-state index is 3.83. The molecule has 0 saturated carbocycles.